The Morgan fingerprint density at radius 1 is 1.20 bits per heavy atom. The van der Waals surface area contributed by atoms with Crippen molar-refractivity contribution in [1.29, 1.82) is 0 Å². The normalized spacial score (nSPS) is 12.2. The molecule has 2 N–H and O–H groups in total. The zero-order valence-corrected chi connectivity index (χ0v) is 12.2. The molecule has 4 nitrogen and oxygen atoms in total. The third-order valence-corrected chi connectivity index (χ3v) is 3.46. The van der Waals surface area contributed by atoms with Gasteiger partial charge in [0.1, 0.15) is 0 Å². The van der Waals surface area contributed by atoms with Gasteiger partial charge in [-0.05, 0) is 30.7 Å². The number of aromatic nitrogens is 2. The SMILES string of the molecule is CCC(N)c1ccc(N(C)CCc2ccccn2)cn1. The van der Waals surface area contributed by atoms with E-state index in [0.29, 0.717) is 0 Å². The lowest BCUT2D eigenvalue weighted by Gasteiger charge is -2.19. The minimum atomic E-state index is 0.0304. The number of nitrogens with two attached hydrogens (primary N) is 1. The Morgan fingerprint density at radius 2 is 2.05 bits per heavy atom. The fourth-order valence-electron chi connectivity index (χ4n) is 2.01. The van der Waals surface area contributed by atoms with E-state index >= 15 is 0 Å². The van der Waals surface area contributed by atoms with Gasteiger partial charge in [-0.2, -0.15) is 0 Å². The predicted octanol–water partition coefficient (Wildman–Crippen LogP) is 2.57. The highest BCUT2D eigenvalue weighted by Gasteiger charge is 2.06. The average molecular weight is 270 g/mol. The van der Waals surface area contributed by atoms with Gasteiger partial charge in [0, 0.05) is 37.9 Å². The van der Waals surface area contributed by atoms with Gasteiger partial charge in [-0.25, -0.2) is 0 Å². The summed E-state index contributed by atoms with van der Waals surface area (Å²) in [4.78, 5) is 11.0. The molecule has 0 aliphatic heterocycles. The lowest BCUT2D eigenvalue weighted by molar-refractivity contribution is 0.675. The third kappa shape index (κ3) is 3.78. The Bertz CT molecular complexity index is 510. The molecule has 0 radical (unpaired) electrons. The molecule has 0 aliphatic rings. The smallest absolute Gasteiger partial charge is 0.0572 e. The highest BCUT2D eigenvalue weighted by molar-refractivity contribution is 5.44. The summed E-state index contributed by atoms with van der Waals surface area (Å²) in [5, 5.41) is 0. The van der Waals surface area contributed by atoms with Crippen LogP contribution >= 0.6 is 0 Å². The largest absolute Gasteiger partial charge is 0.373 e. The maximum atomic E-state index is 5.97. The zero-order valence-electron chi connectivity index (χ0n) is 12.2. The van der Waals surface area contributed by atoms with Crippen LogP contribution in [0.3, 0.4) is 0 Å². The lowest BCUT2D eigenvalue weighted by atomic mass is 10.1. The monoisotopic (exact) mass is 270 g/mol. The summed E-state index contributed by atoms with van der Waals surface area (Å²) < 4.78 is 0. The van der Waals surface area contributed by atoms with Gasteiger partial charge >= 0.3 is 0 Å². The van der Waals surface area contributed by atoms with Crippen molar-refractivity contribution in [3.8, 4) is 0 Å². The molecule has 0 saturated heterocycles. The molecule has 2 aromatic heterocycles. The van der Waals surface area contributed by atoms with Crippen LogP contribution in [0.4, 0.5) is 5.69 Å². The zero-order chi connectivity index (χ0) is 14.4. The third-order valence-electron chi connectivity index (χ3n) is 3.46. The quantitative estimate of drug-likeness (QED) is 0.876. The van der Waals surface area contributed by atoms with Crippen LogP contribution in [0.1, 0.15) is 30.8 Å². The molecule has 0 aliphatic carbocycles. The summed E-state index contributed by atoms with van der Waals surface area (Å²) in [6, 6.07) is 10.1. The van der Waals surface area contributed by atoms with Crippen molar-refractivity contribution in [2.24, 2.45) is 5.73 Å². The topological polar surface area (TPSA) is 55.0 Å². The van der Waals surface area contributed by atoms with Gasteiger partial charge in [-0.15, -0.1) is 0 Å². The van der Waals surface area contributed by atoms with Crippen molar-refractivity contribution < 1.29 is 0 Å². The molecule has 0 aromatic carbocycles. The Hall–Kier alpha value is -1.94. The Kier molecular flexibility index (Phi) is 5.07. The van der Waals surface area contributed by atoms with E-state index < -0.39 is 0 Å². The number of anilines is 1. The number of pyridine rings is 2. The van der Waals surface area contributed by atoms with E-state index in [4.69, 9.17) is 5.73 Å². The van der Waals surface area contributed by atoms with Crippen molar-refractivity contribution in [2.75, 3.05) is 18.5 Å². The average Bonchev–Trinajstić information content (AvgIpc) is 2.53. The molecule has 2 heterocycles. The molecule has 20 heavy (non-hydrogen) atoms. The van der Waals surface area contributed by atoms with Gasteiger partial charge in [-0.3, -0.25) is 9.97 Å². The van der Waals surface area contributed by atoms with Gasteiger partial charge in [0.25, 0.3) is 0 Å². The van der Waals surface area contributed by atoms with Gasteiger partial charge in [0.15, 0.2) is 0 Å². The molecule has 0 amide bonds. The van der Waals surface area contributed by atoms with Crippen molar-refractivity contribution >= 4 is 5.69 Å². The molecular weight excluding hydrogens is 248 g/mol. The second-order valence-corrected chi connectivity index (χ2v) is 4.95. The highest BCUT2D eigenvalue weighted by Crippen LogP contribution is 2.16. The number of likely N-dealkylation sites (N-methyl/N-ethyl adjacent to an activating group) is 1. The van der Waals surface area contributed by atoms with Crippen LogP contribution < -0.4 is 10.6 Å². The van der Waals surface area contributed by atoms with Gasteiger partial charge in [0.05, 0.1) is 17.6 Å². The van der Waals surface area contributed by atoms with E-state index in [-0.39, 0.29) is 6.04 Å². The molecule has 0 spiro atoms. The molecule has 4 heteroatoms. The van der Waals surface area contributed by atoms with Crippen molar-refractivity contribution in [3.05, 3.63) is 54.1 Å². The maximum Gasteiger partial charge on any atom is 0.0572 e. The second-order valence-electron chi connectivity index (χ2n) is 4.95. The van der Waals surface area contributed by atoms with Crippen LogP contribution in [-0.4, -0.2) is 23.6 Å². The first kappa shape index (κ1) is 14.5. The number of hydrogen-bond donors (Lipinski definition) is 1. The standard InChI is InChI=1S/C16H22N4/c1-3-15(17)16-8-7-14(12-19-16)20(2)11-9-13-6-4-5-10-18-13/h4-8,10,12,15H,3,9,11,17H2,1-2H3. The molecule has 1 atom stereocenters. The van der Waals surface area contributed by atoms with Gasteiger partial charge in [0.2, 0.25) is 0 Å². The van der Waals surface area contributed by atoms with Crippen LogP contribution in [0.15, 0.2) is 42.7 Å². The van der Waals surface area contributed by atoms with Crippen LogP contribution in [0.25, 0.3) is 0 Å². The molecule has 0 saturated carbocycles. The molecule has 0 bridgehead atoms. The minimum absolute atomic E-state index is 0.0304. The van der Waals surface area contributed by atoms with Crippen molar-refractivity contribution in [3.63, 3.8) is 0 Å². The first-order valence-electron chi connectivity index (χ1n) is 7.03. The summed E-state index contributed by atoms with van der Waals surface area (Å²) in [5.74, 6) is 0. The van der Waals surface area contributed by atoms with Crippen LogP contribution in [0.5, 0.6) is 0 Å². The fraction of sp³-hybridized carbons (Fsp3) is 0.375. The molecule has 106 valence electrons. The van der Waals surface area contributed by atoms with Gasteiger partial charge < -0.3 is 10.6 Å². The number of nitrogens with zero attached hydrogens (tertiary/aromatic N) is 3. The number of hydrogen-bond acceptors (Lipinski definition) is 4. The highest BCUT2D eigenvalue weighted by atomic mass is 15.1. The molecule has 0 fully saturated rings. The predicted molar refractivity (Wildman–Crippen MR) is 82.7 cm³/mol. The summed E-state index contributed by atoms with van der Waals surface area (Å²) in [6.45, 7) is 2.98. The van der Waals surface area contributed by atoms with Gasteiger partial charge in [-0.1, -0.05) is 13.0 Å². The van der Waals surface area contributed by atoms with E-state index in [9.17, 15) is 0 Å². The lowest BCUT2D eigenvalue weighted by Crippen LogP contribution is -2.21. The van der Waals surface area contributed by atoms with Crippen LogP contribution in [0, 0.1) is 0 Å². The van der Waals surface area contributed by atoms with Crippen LogP contribution in [-0.2, 0) is 6.42 Å². The van der Waals surface area contributed by atoms with E-state index in [2.05, 4.69) is 41.0 Å². The molecule has 2 rings (SSSR count). The first-order chi connectivity index (χ1) is 9.70. The Balaban J connectivity index is 1.94. The van der Waals surface area contributed by atoms with Crippen molar-refractivity contribution in [2.45, 2.75) is 25.8 Å². The summed E-state index contributed by atoms with van der Waals surface area (Å²) in [6.07, 6.45) is 5.55. The van der Waals surface area contributed by atoms with E-state index in [1.165, 1.54) is 0 Å². The Labute approximate surface area is 120 Å². The van der Waals surface area contributed by atoms with E-state index in [1.54, 1.807) is 0 Å². The molecular formula is C16H22N4. The number of rotatable bonds is 6. The summed E-state index contributed by atoms with van der Waals surface area (Å²) >= 11 is 0. The second kappa shape index (κ2) is 7.01. The van der Waals surface area contributed by atoms with E-state index in [0.717, 1.165) is 36.5 Å². The molecule has 1 unspecified atom stereocenters. The summed E-state index contributed by atoms with van der Waals surface area (Å²) in [7, 11) is 2.07. The Morgan fingerprint density at radius 3 is 2.65 bits per heavy atom. The van der Waals surface area contributed by atoms with Crippen LogP contribution in [0.2, 0.25) is 0 Å². The first-order valence-corrected chi connectivity index (χ1v) is 7.03. The van der Waals surface area contributed by atoms with E-state index in [1.807, 2.05) is 30.6 Å². The molecule has 2 aromatic rings. The summed E-state index contributed by atoms with van der Waals surface area (Å²) in [5.41, 5.74) is 9.14. The maximum absolute atomic E-state index is 5.97. The minimum Gasteiger partial charge on any atom is -0.373 e. The van der Waals surface area contributed by atoms with Crippen molar-refractivity contribution in [1.82, 2.24) is 9.97 Å². The fourth-order valence-corrected chi connectivity index (χ4v) is 2.01.